The van der Waals surface area contributed by atoms with Gasteiger partial charge in [-0.1, -0.05) is 30.3 Å². The zero-order valence-corrected chi connectivity index (χ0v) is 19.7. The third kappa shape index (κ3) is 6.38. The molecule has 1 saturated heterocycles. The van der Waals surface area contributed by atoms with Gasteiger partial charge >= 0.3 is 5.97 Å². The molecular weight excluding hydrogens is 460 g/mol. The zero-order chi connectivity index (χ0) is 24.7. The average Bonchev–Trinajstić information content (AvgIpc) is 3.05. The minimum Gasteiger partial charge on any atom is -0.493 e. The maximum absolute atomic E-state index is 12.7. The number of nitrogens with one attached hydrogen (secondary N) is 1. The molecule has 2 aromatic carbocycles. The van der Waals surface area contributed by atoms with E-state index in [2.05, 4.69) is 5.32 Å². The SMILES string of the molecule is COc1cccc(/C=C2/SC(=O)N(CC(=O)OC(C)C)C2=O)c1OCC(=O)Nc1ccccc1. The first kappa shape index (κ1) is 24.8. The Morgan fingerprint density at radius 2 is 1.82 bits per heavy atom. The van der Waals surface area contributed by atoms with Crippen molar-refractivity contribution in [1.29, 1.82) is 0 Å². The van der Waals surface area contributed by atoms with E-state index in [1.165, 1.54) is 13.2 Å². The number of nitrogens with zero attached hydrogens (tertiary/aromatic N) is 1. The van der Waals surface area contributed by atoms with Gasteiger partial charge in [-0.3, -0.25) is 24.1 Å². The molecule has 1 aliphatic heterocycles. The van der Waals surface area contributed by atoms with Crippen LogP contribution < -0.4 is 14.8 Å². The van der Waals surface area contributed by atoms with Crippen LogP contribution in [0.15, 0.2) is 53.4 Å². The van der Waals surface area contributed by atoms with Crippen LogP contribution in [0.25, 0.3) is 6.08 Å². The molecule has 1 heterocycles. The highest BCUT2D eigenvalue weighted by Crippen LogP contribution is 2.37. The summed E-state index contributed by atoms with van der Waals surface area (Å²) >= 11 is 0.701. The van der Waals surface area contributed by atoms with Gasteiger partial charge in [-0.05, 0) is 49.9 Å². The molecule has 9 nitrogen and oxygen atoms in total. The molecule has 10 heteroatoms. The van der Waals surface area contributed by atoms with Crippen molar-refractivity contribution in [2.75, 3.05) is 25.6 Å². The Balaban J connectivity index is 1.76. The van der Waals surface area contributed by atoms with E-state index in [9.17, 15) is 19.2 Å². The van der Waals surface area contributed by atoms with E-state index in [-0.39, 0.29) is 29.3 Å². The van der Waals surface area contributed by atoms with Crippen LogP contribution in [0.4, 0.5) is 10.5 Å². The third-order valence-electron chi connectivity index (χ3n) is 4.45. The standard InChI is InChI=1S/C24H24N2O7S/c1-15(2)33-21(28)13-26-23(29)19(34-24(26)30)12-16-8-7-11-18(31-3)22(16)32-14-20(27)25-17-9-5-4-6-10-17/h4-12,15H,13-14H2,1-3H3,(H,25,27)/b19-12+. The second kappa shape index (κ2) is 11.4. The fourth-order valence-electron chi connectivity index (χ4n) is 3.02. The number of para-hydroxylation sites is 2. The van der Waals surface area contributed by atoms with Gasteiger partial charge in [-0.2, -0.15) is 0 Å². The van der Waals surface area contributed by atoms with Crippen LogP contribution in [0.5, 0.6) is 11.5 Å². The Morgan fingerprint density at radius 3 is 2.50 bits per heavy atom. The van der Waals surface area contributed by atoms with E-state index in [0.29, 0.717) is 28.8 Å². The van der Waals surface area contributed by atoms with Gasteiger partial charge in [-0.25, -0.2) is 0 Å². The van der Waals surface area contributed by atoms with E-state index in [4.69, 9.17) is 14.2 Å². The Bertz CT molecular complexity index is 1120. The third-order valence-corrected chi connectivity index (χ3v) is 5.36. The largest absolute Gasteiger partial charge is 0.493 e. The summed E-state index contributed by atoms with van der Waals surface area (Å²) in [5.74, 6) is -1.09. The fourth-order valence-corrected chi connectivity index (χ4v) is 3.85. The maximum atomic E-state index is 12.7. The van der Waals surface area contributed by atoms with Crippen LogP contribution in [-0.4, -0.2) is 54.3 Å². The lowest BCUT2D eigenvalue weighted by molar-refractivity contribution is -0.149. The predicted octanol–water partition coefficient (Wildman–Crippen LogP) is 3.70. The van der Waals surface area contributed by atoms with E-state index in [0.717, 1.165) is 4.90 Å². The first-order valence-electron chi connectivity index (χ1n) is 10.4. The van der Waals surface area contributed by atoms with Crippen LogP contribution in [0, 0.1) is 0 Å². The summed E-state index contributed by atoms with van der Waals surface area (Å²) in [6.07, 6.45) is 1.10. The summed E-state index contributed by atoms with van der Waals surface area (Å²) in [6.45, 7) is 2.58. The number of anilines is 1. The number of hydrogen-bond donors (Lipinski definition) is 1. The van der Waals surface area contributed by atoms with Crippen molar-refractivity contribution in [2.24, 2.45) is 0 Å². The Kier molecular flexibility index (Phi) is 8.31. The van der Waals surface area contributed by atoms with Gasteiger partial charge in [-0.15, -0.1) is 0 Å². The molecule has 3 amide bonds. The van der Waals surface area contributed by atoms with Crippen molar-refractivity contribution >= 4 is 46.5 Å². The number of methoxy groups -OCH3 is 1. The molecule has 1 N–H and O–H groups in total. The summed E-state index contributed by atoms with van der Waals surface area (Å²) in [4.78, 5) is 50.2. The summed E-state index contributed by atoms with van der Waals surface area (Å²) in [6, 6.07) is 13.9. The summed E-state index contributed by atoms with van der Waals surface area (Å²) in [5, 5.41) is 2.14. The number of esters is 1. The number of benzene rings is 2. The summed E-state index contributed by atoms with van der Waals surface area (Å²) in [7, 11) is 1.45. The van der Waals surface area contributed by atoms with Crippen molar-refractivity contribution < 1.29 is 33.4 Å². The number of hydrogen-bond acceptors (Lipinski definition) is 8. The van der Waals surface area contributed by atoms with E-state index in [1.54, 1.807) is 56.3 Å². The number of carbonyl (C=O) groups is 4. The molecule has 0 bridgehead atoms. The highest BCUT2D eigenvalue weighted by Gasteiger charge is 2.37. The Morgan fingerprint density at radius 1 is 1.09 bits per heavy atom. The molecule has 3 rings (SSSR count). The monoisotopic (exact) mass is 484 g/mol. The average molecular weight is 485 g/mol. The number of thioether (sulfide) groups is 1. The molecule has 0 saturated carbocycles. The second-order valence-electron chi connectivity index (χ2n) is 7.39. The highest BCUT2D eigenvalue weighted by atomic mass is 32.2. The molecule has 178 valence electrons. The molecule has 34 heavy (non-hydrogen) atoms. The number of imide groups is 1. The van der Waals surface area contributed by atoms with Crippen molar-refractivity contribution in [1.82, 2.24) is 4.90 Å². The quantitative estimate of drug-likeness (QED) is 0.424. The van der Waals surface area contributed by atoms with Crippen LogP contribution in [0.1, 0.15) is 19.4 Å². The number of ether oxygens (including phenoxy) is 3. The lowest BCUT2D eigenvalue weighted by Crippen LogP contribution is -2.35. The van der Waals surface area contributed by atoms with Gasteiger partial charge in [0.2, 0.25) is 0 Å². The van der Waals surface area contributed by atoms with Crippen molar-refractivity contribution in [3.05, 3.63) is 59.0 Å². The topological polar surface area (TPSA) is 111 Å². The van der Waals surface area contributed by atoms with Crippen LogP contribution in [0.2, 0.25) is 0 Å². The number of amides is 3. The minimum atomic E-state index is -0.673. The second-order valence-corrected chi connectivity index (χ2v) is 8.38. The van der Waals surface area contributed by atoms with Crippen LogP contribution in [-0.2, 0) is 19.1 Å². The molecule has 0 aliphatic carbocycles. The number of carbonyl (C=O) groups excluding carboxylic acids is 4. The smallest absolute Gasteiger partial charge is 0.326 e. The van der Waals surface area contributed by atoms with Gasteiger partial charge in [0, 0.05) is 11.3 Å². The van der Waals surface area contributed by atoms with E-state index in [1.807, 2.05) is 6.07 Å². The zero-order valence-electron chi connectivity index (χ0n) is 18.9. The maximum Gasteiger partial charge on any atom is 0.326 e. The Labute approximate surface area is 201 Å². The van der Waals surface area contributed by atoms with Crippen molar-refractivity contribution in [3.63, 3.8) is 0 Å². The van der Waals surface area contributed by atoms with Gasteiger partial charge in [0.25, 0.3) is 17.1 Å². The molecule has 0 atom stereocenters. The first-order chi connectivity index (χ1) is 16.3. The van der Waals surface area contributed by atoms with Gasteiger partial charge in [0.15, 0.2) is 18.1 Å². The molecular formula is C24H24N2O7S. The molecule has 0 radical (unpaired) electrons. The van der Waals surface area contributed by atoms with E-state index >= 15 is 0 Å². The predicted molar refractivity (Wildman–Crippen MR) is 127 cm³/mol. The summed E-state index contributed by atoms with van der Waals surface area (Å²) in [5.41, 5.74) is 1.06. The molecule has 0 spiro atoms. The minimum absolute atomic E-state index is 0.106. The lowest BCUT2D eigenvalue weighted by Gasteiger charge is -2.14. The summed E-state index contributed by atoms with van der Waals surface area (Å²) < 4.78 is 16.1. The lowest BCUT2D eigenvalue weighted by atomic mass is 10.1. The molecule has 0 unspecified atom stereocenters. The molecule has 1 aliphatic rings. The highest BCUT2D eigenvalue weighted by molar-refractivity contribution is 8.18. The van der Waals surface area contributed by atoms with Crippen LogP contribution >= 0.6 is 11.8 Å². The first-order valence-corrected chi connectivity index (χ1v) is 11.2. The molecule has 2 aromatic rings. The van der Waals surface area contributed by atoms with Crippen molar-refractivity contribution in [2.45, 2.75) is 20.0 Å². The van der Waals surface area contributed by atoms with E-state index < -0.39 is 23.7 Å². The fraction of sp³-hybridized carbons (Fsp3) is 0.250. The van der Waals surface area contributed by atoms with Gasteiger partial charge in [0.05, 0.1) is 18.1 Å². The Hall–Kier alpha value is -3.79. The molecule has 1 fully saturated rings. The molecule has 0 aromatic heterocycles. The normalized spacial score (nSPS) is 14.5. The number of rotatable bonds is 9. The van der Waals surface area contributed by atoms with Crippen molar-refractivity contribution in [3.8, 4) is 11.5 Å². The van der Waals surface area contributed by atoms with Gasteiger partial charge in [0.1, 0.15) is 6.54 Å². The van der Waals surface area contributed by atoms with Gasteiger partial charge < -0.3 is 19.5 Å². The van der Waals surface area contributed by atoms with Crippen LogP contribution in [0.3, 0.4) is 0 Å².